The molecule has 0 radical (unpaired) electrons. The van der Waals surface area contributed by atoms with Gasteiger partial charge in [-0.2, -0.15) is 0 Å². The third kappa shape index (κ3) is 3.68. The van der Waals surface area contributed by atoms with Crippen molar-refractivity contribution in [3.8, 4) is 17.2 Å². The summed E-state index contributed by atoms with van der Waals surface area (Å²) in [5.41, 5.74) is 9.70. The maximum atomic E-state index is 13.1. The molecular weight excluding hydrogens is 440 g/mol. The highest BCUT2D eigenvalue weighted by molar-refractivity contribution is 5.97. The van der Waals surface area contributed by atoms with E-state index in [1.165, 1.54) is 0 Å². The number of nitrogens with zero attached hydrogens (tertiary/aromatic N) is 1. The average Bonchev–Trinajstić information content (AvgIpc) is 3.16. The molecule has 6 nitrogen and oxygen atoms in total. The van der Waals surface area contributed by atoms with Gasteiger partial charge >= 0.3 is 5.97 Å². The van der Waals surface area contributed by atoms with Crippen LogP contribution in [0.4, 0.5) is 11.4 Å². The van der Waals surface area contributed by atoms with Gasteiger partial charge in [0.25, 0.3) is 0 Å². The van der Waals surface area contributed by atoms with Gasteiger partial charge in [-0.15, -0.1) is 0 Å². The minimum absolute atomic E-state index is 0.355. The van der Waals surface area contributed by atoms with Gasteiger partial charge in [-0.1, -0.05) is 39.0 Å². The number of benzene rings is 3. The SMILES string of the molecule is CCCOc1cc2c(cc1N)C1(OC(=O)c3ccccc31)c1ccc(N(CCC)CCC)cc1O2. The first-order valence-corrected chi connectivity index (χ1v) is 12.5. The zero-order valence-electron chi connectivity index (χ0n) is 20.6. The minimum Gasteiger partial charge on any atom is -0.491 e. The van der Waals surface area contributed by atoms with E-state index in [0.29, 0.717) is 40.7 Å². The molecule has 0 bridgehead atoms. The lowest BCUT2D eigenvalue weighted by Gasteiger charge is -2.37. The fourth-order valence-corrected chi connectivity index (χ4v) is 5.15. The van der Waals surface area contributed by atoms with Crippen molar-refractivity contribution in [3.63, 3.8) is 0 Å². The Labute approximate surface area is 206 Å². The van der Waals surface area contributed by atoms with Crippen molar-refractivity contribution in [2.75, 3.05) is 30.3 Å². The molecule has 3 aromatic rings. The quantitative estimate of drug-likeness (QED) is 0.308. The molecule has 35 heavy (non-hydrogen) atoms. The van der Waals surface area contributed by atoms with Crippen LogP contribution in [0.15, 0.2) is 54.6 Å². The van der Waals surface area contributed by atoms with E-state index in [1.54, 1.807) is 0 Å². The third-order valence-electron chi connectivity index (χ3n) is 6.64. The molecule has 1 spiro atoms. The van der Waals surface area contributed by atoms with Crippen molar-refractivity contribution in [1.82, 2.24) is 0 Å². The fraction of sp³-hybridized carbons (Fsp3) is 0.345. The Balaban J connectivity index is 1.72. The number of carbonyl (C=O) groups excluding carboxylic acids is 1. The third-order valence-corrected chi connectivity index (χ3v) is 6.64. The number of hydrogen-bond donors (Lipinski definition) is 1. The van der Waals surface area contributed by atoms with E-state index in [4.69, 9.17) is 19.9 Å². The van der Waals surface area contributed by atoms with Crippen molar-refractivity contribution >= 4 is 17.3 Å². The maximum absolute atomic E-state index is 13.1. The first kappa shape index (κ1) is 23.1. The maximum Gasteiger partial charge on any atom is 0.340 e. The van der Waals surface area contributed by atoms with Gasteiger partial charge in [0.1, 0.15) is 17.2 Å². The van der Waals surface area contributed by atoms with Gasteiger partial charge in [-0.3, -0.25) is 0 Å². The number of anilines is 2. The van der Waals surface area contributed by atoms with Crippen molar-refractivity contribution < 1.29 is 19.0 Å². The summed E-state index contributed by atoms with van der Waals surface area (Å²) in [6.45, 7) is 8.87. The van der Waals surface area contributed by atoms with Crippen LogP contribution in [0.1, 0.15) is 67.1 Å². The highest BCUT2D eigenvalue weighted by Gasteiger charge is 2.53. The molecule has 2 aliphatic heterocycles. The van der Waals surface area contributed by atoms with Crippen LogP contribution < -0.4 is 20.1 Å². The molecule has 0 fully saturated rings. The number of ether oxygens (including phenoxy) is 3. The zero-order chi connectivity index (χ0) is 24.6. The van der Waals surface area contributed by atoms with E-state index in [9.17, 15) is 4.79 Å². The van der Waals surface area contributed by atoms with Gasteiger partial charge in [0.05, 0.1) is 17.9 Å². The van der Waals surface area contributed by atoms with Crippen LogP contribution in [-0.4, -0.2) is 25.7 Å². The summed E-state index contributed by atoms with van der Waals surface area (Å²) in [5, 5.41) is 0. The normalized spacial score (nSPS) is 17.3. The number of hydrogen-bond acceptors (Lipinski definition) is 6. The Kier molecular flexibility index (Phi) is 6.05. The van der Waals surface area contributed by atoms with E-state index in [0.717, 1.165) is 49.2 Å². The molecule has 0 aromatic heterocycles. The van der Waals surface area contributed by atoms with Gasteiger partial charge in [-0.05, 0) is 43.5 Å². The molecule has 2 aliphatic rings. The Morgan fingerprint density at radius 2 is 1.63 bits per heavy atom. The summed E-state index contributed by atoms with van der Waals surface area (Å²) in [5.74, 6) is 1.46. The summed E-state index contributed by atoms with van der Waals surface area (Å²) in [7, 11) is 0. The molecule has 0 saturated heterocycles. The number of fused-ring (bicyclic) bond motifs is 6. The fourth-order valence-electron chi connectivity index (χ4n) is 5.15. The van der Waals surface area contributed by atoms with E-state index < -0.39 is 5.60 Å². The standard InChI is InChI=1S/C29H32N2O4/c1-4-13-31(14-5-2)19-11-12-22-25(16-19)34-26-18-27(33-15-6-3)24(30)17-23(26)29(22)21-10-8-7-9-20(21)28(32)35-29/h7-12,16-18H,4-6,13-15,30H2,1-3H3. The van der Waals surface area contributed by atoms with Crippen molar-refractivity contribution in [2.45, 2.75) is 45.6 Å². The Bertz CT molecular complexity index is 1270. The van der Waals surface area contributed by atoms with Crippen molar-refractivity contribution in [2.24, 2.45) is 0 Å². The molecule has 1 atom stereocenters. The molecule has 182 valence electrons. The Morgan fingerprint density at radius 1 is 0.886 bits per heavy atom. The summed E-state index contributed by atoms with van der Waals surface area (Å²) >= 11 is 0. The Morgan fingerprint density at radius 3 is 2.37 bits per heavy atom. The highest BCUT2D eigenvalue weighted by atomic mass is 16.6. The molecule has 1 unspecified atom stereocenters. The topological polar surface area (TPSA) is 74.0 Å². The summed E-state index contributed by atoms with van der Waals surface area (Å²) < 4.78 is 18.6. The van der Waals surface area contributed by atoms with Crippen LogP contribution in [0.5, 0.6) is 17.2 Å². The summed E-state index contributed by atoms with van der Waals surface area (Å²) in [4.78, 5) is 15.4. The predicted octanol–water partition coefficient (Wildman–Crippen LogP) is 6.25. The van der Waals surface area contributed by atoms with Crippen LogP contribution in [-0.2, 0) is 10.3 Å². The number of carbonyl (C=O) groups is 1. The molecule has 6 heteroatoms. The van der Waals surface area contributed by atoms with E-state index in [2.05, 4.69) is 30.9 Å². The van der Waals surface area contributed by atoms with Crippen molar-refractivity contribution in [3.05, 3.63) is 76.9 Å². The highest BCUT2D eigenvalue weighted by Crippen LogP contribution is 2.57. The van der Waals surface area contributed by atoms with Crippen molar-refractivity contribution in [1.29, 1.82) is 0 Å². The molecule has 0 saturated carbocycles. The lowest BCUT2D eigenvalue weighted by molar-refractivity contribution is 0.0224. The second-order valence-electron chi connectivity index (χ2n) is 9.12. The number of rotatable bonds is 8. The van der Waals surface area contributed by atoms with Gasteiger partial charge in [0.2, 0.25) is 0 Å². The first-order chi connectivity index (χ1) is 17.0. The van der Waals surface area contributed by atoms with E-state index in [1.807, 2.05) is 49.4 Å². The Hall–Kier alpha value is -3.67. The average molecular weight is 473 g/mol. The van der Waals surface area contributed by atoms with Gasteiger partial charge < -0.3 is 24.8 Å². The monoisotopic (exact) mass is 472 g/mol. The van der Waals surface area contributed by atoms with Gasteiger partial charge in [0.15, 0.2) is 5.60 Å². The molecule has 2 heterocycles. The molecule has 2 N–H and O–H groups in total. The van der Waals surface area contributed by atoms with E-state index in [-0.39, 0.29) is 5.97 Å². The van der Waals surface area contributed by atoms with E-state index >= 15 is 0 Å². The van der Waals surface area contributed by atoms with Crippen LogP contribution in [0, 0.1) is 0 Å². The molecule has 0 aliphatic carbocycles. The summed E-state index contributed by atoms with van der Waals surface area (Å²) in [6, 6.07) is 17.4. The van der Waals surface area contributed by atoms with Gasteiger partial charge in [-0.25, -0.2) is 4.79 Å². The lowest BCUT2D eigenvalue weighted by atomic mass is 9.77. The molecule has 3 aromatic carbocycles. The van der Waals surface area contributed by atoms with Crippen LogP contribution >= 0.6 is 0 Å². The van der Waals surface area contributed by atoms with Crippen LogP contribution in [0.2, 0.25) is 0 Å². The smallest absolute Gasteiger partial charge is 0.340 e. The number of nitrogen functional groups attached to an aromatic ring is 1. The number of esters is 1. The first-order valence-electron chi connectivity index (χ1n) is 12.5. The number of nitrogens with two attached hydrogens (primary N) is 1. The predicted molar refractivity (Wildman–Crippen MR) is 138 cm³/mol. The molecule has 0 amide bonds. The zero-order valence-corrected chi connectivity index (χ0v) is 20.6. The van der Waals surface area contributed by atoms with Gasteiger partial charge in [0, 0.05) is 47.6 Å². The molecular formula is C29H32N2O4. The second-order valence-corrected chi connectivity index (χ2v) is 9.12. The molecule has 5 rings (SSSR count). The summed E-state index contributed by atoms with van der Waals surface area (Å²) in [6.07, 6.45) is 2.96. The minimum atomic E-state index is -1.13. The van der Waals surface area contributed by atoms with Crippen LogP contribution in [0.25, 0.3) is 0 Å². The largest absolute Gasteiger partial charge is 0.491 e. The van der Waals surface area contributed by atoms with Crippen LogP contribution in [0.3, 0.4) is 0 Å². The second kappa shape index (κ2) is 9.17. The lowest BCUT2D eigenvalue weighted by Crippen LogP contribution is -2.33.